The lowest BCUT2D eigenvalue weighted by molar-refractivity contribution is 0.285. The Balaban J connectivity index is 1.95. The molecule has 0 spiro atoms. The van der Waals surface area contributed by atoms with Crippen molar-refractivity contribution in [3.63, 3.8) is 0 Å². The summed E-state index contributed by atoms with van der Waals surface area (Å²) in [6, 6.07) is 0. The Bertz CT molecular complexity index is 361. The molecule has 1 aliphatic rings. The van der Waals surface area contributed by atoms with Crippen molar-refractivity contribution in [2.24, 2.45) is 5.92 Å². The van der Waals surface area contributed by atoms with Crippen LogP contribution in [0.3, 0.4) is 0 Å². The van der Waals surface area contributed by atoms with Gasteiger partial charge in [0, 0.05) is 13.1 Å². The van der Waals surface area contributed by atoms with Crippen molar-refractivity contribution in [3.8, 4) is 0 Å². The van der Waals surface area contributed by atoms with E-state index in [2.05, 4.69) is 16.8 Å². The number of nitrogens with zero attached hydrogens (tertiary/aromatic N) is 2. The average Bonchev–Trinajstić information content (AvgIpc) is 2.72. The molecule has 1 aromatic heterocycles. The Morgan fingerprint density at radius 3 is 2.71 bits per heavy atom. The molecule has 0 bridgehead atoms. The summed E-state index contributed by atoms with van der Waals surface area (Å²) in [6.07, 6.45) is 5.12. The summed E-state index contributed by atoms with van der Waals surface area (Å²) in [5.74, 6) is 0.879. The monoisotopic (exact) mass is 274 g/mol. The number of aromatic nitrogens is 1. The SMILES string of the molecule is CCCC1CCN(c2nc(Cl)c(CO)s2)CC1. The van der Waals surface area contributed by atoms with Gasteiger partial charge in [0.15, 0.2) is 5.13 Å². The van der Waals surface area contributed by atoms with Crippen LogP contribution in [0.4, 0.5) is 5.13 Å². The number of aliphatic hydroxyl groups is 1. The van der Waals surface area contributed by atoms with Gasteiger partial charge >= 0.3 is 0 Å². The van der Waals surface area contributed by atoms with E-state index in [-0.39, 0.29) is 6.61 Å². The van der Waals surface area contributed by atoms with Crippen molar-refractivity contribution < 1.29 is 5.11 Å². The zero-order valence-corrected chi connectivity index (χ0v) is 11.7. The molecule has 0 aliphatic carbocycles. The Hall–Kier alpha value is -0.320. The van der Waals surface area contributed by atoms with Gasteiger partial charge in [-0.2, -0.15) is 0 Å². The van der Waals surface area contributed by atoms with Gasteiger partial charge in [-0.15, -0.1) is 0 Å². The molecule has 2 heterocycles. The normalized spacial score (nSPS) is 17.7. The standard InChI is InChI=1S/C12H19ClN2OS/c1-2-3-9-4-6-15(7-5-9)12-14-11(13)10(8-16)17-12/h9,16H,2-8H2,1H3. The Morgan fingerprint density at radius 1 is 1.47 bits per heavy atom. The van der Waals surface area contributed by atoms with E-state index in [1.807, 2.05) is 0 Å². The summed E-state index contributed by atoms with van der Waals surface area (Å²) in [5, 5.41) is 10.5. The van der Waals surface area contributed by atoms with Gasteiger partial charge < -0.3 is 10.0 Å². The van der Waals surface area contributed by atoms with E-state index in [4.69, 9.17) is 16.7 Å². The summed E-state index contributed by atoms with van der Waals surface area (Å²) >= 11 is 7.47. The highest BCUT2D eigenvalue weighted by Gasteiger charge is 2.21. The van der Waals surface area contributed by atoms with E-state index in [0.717, 1.165) is 29.0 Å². The summed E-state index contributed by atoms with van der Waals surface area (Å²) in [6.45, 7) is 4.38. The van der Waals surface area contributed by atoms with Crippen LogP contribution < -0.4 is 4.90 Å². The van der Waals surface area contributed by atoms with Crippen molar-refractivity contribution in [1.82, 2.24) is 4.98 Å². The molecule has 1 aromatic rings. The van der Waals surface area contributed by atoms with Gasteiger partial charge in [0.1, 0.15) is 5.15 Å². The van der Waals surface area contributed by atoms with Crippen LogP contribution in [0.15, 0.2) is 0 Å². The second-order valence-electron chi connectivity index (χ2n) is 4.59. The predicted octanol–water partition coefficient (Wildman–Crippen LogP) is 3.31. The molecular weight excluding hydrogens is 256 g/mol. The first-order valence-electron chi connectivity index (χ1n) is 6.25. The van der Waals surface area contributed by atoms with E-state index in [1.165, 1.54) is 37.0 Å². The zero-order valence-electron chi connectivity index (χ0n) is 10.2. The Morgan fingerprint density at radius 2 is 2.18 bits per heavy atom. The first-order valence-corrected chi connectivity index (χ1v) is 7.45. The number of anilines is 1. The van der Waals surface area contributed by atoms with E-state index < -0.39 is 0 Å². The molecule has 1 N–H and O–H groups in total. The van der Waals surface area contributed by atoms with Crippen LogP contribution in [0.1, 0.15) is 37.5 Å². The van der Waals surface area contributed by atoms with Crippen molar-refractivity contribution in [3.05, 3.63) is 10.0 Å². The largest absolute Gasteiger partial charge is 0.391 e. The van der Waals surface area contributed by atoms with Crippen LogP contribution in [0.2, 0.25) is 5.15 Å². The van der Waals surface area contributed by atoms with E-state index in [0.29, 0.717) is 5.15 Å². The van der Waals surface area contributed by atoms with E-state index >= 15 is 0 Å². The maximum atomic E-state index is 9.11. The van der Waals surface area contributed by atoms with Gasteiger partial charge in [-0.25, -0.2) is 4.98 Å². The number of piperidine rings is 1. The van der Waals surface area contributed by atoms with E-state index in [1.54, 1.807) is 0 Å². The predicted molar refractivity (Wildman–Crippen MR) is 72.9 cm³/mol. The number of hydrogen-bond acceptors (Lipinski definition) is 4. The van der Waals surface area contributed by atoms with Crippen LogP contribution in [0.25, 0.3) is 0 Å². The van der Waals surface area contributed by atoms with Gasteiger partial charge in [-0.3, -0.25) is 0 Å². The third kappa shape index (κ3) is 3.12. The number of hydrogen-bond donors (Lipinski definition) is 1. The van der Waals surface area contributed by atoms with Gasteiger partial charge in [0.05, 0.1) is 11.5 Å². The maximum Gasteiger partial charge on any atom is 0.187 e. The molecule has 1 aliphatic heterocycles. The molecular formula is C12H19ClN2OS. The van der Waals surface area contributed by atoms with Crippen molar-refractivity contribution in [2.45, 2.75) is 39.2 Å². The number of aliphatic hydroxyl groups excluding tert-OH is 1. The molecule has 2 rings (SSSR count). The lowest BCUT2D eigenvalue weighted by Crippen LogP contribution is -2.33. The number of rotatable bonds is 4. The Kier molecular flexibility index (Phi) is 4.65. The molecule has 1 saturated heterocycles. The first-order chi connectivity index (χ1) is 8.24. The minimum Gasteiger partial charge on any atom is -0.391 e. The quantitative estimate of drug-likeness (QED) is 0.915. The number of halogens is 1. The summed E-state index contributed by atoms with van der Waals surface area (Å²) in [4.78, 5) is 7.39. The van der Waals surface area contributed by atoms with Gasteiger partial charge in [0.25, 0.3) is 0 Å². The highest BCUT2D eigenvalue weighted by Crippen LogP contribution is 2.32. The molecule has 0 radical (unpaired) electrons. The van der Waals surface area contributed by atoms with Crippen LogP contribution in [0.5, 0.6) is 0 Å². The van der Waals surface area contributed by atoms with Crippen LogP contribution in [-0.2, 0) is 6.61 Å². The third-order valence-electron chi connectivity index (χ3n) is 3.36. The van der Waals surface area contributed by atoms with Crippen LogP contribution in [-0.4, -0.2) is 23.2 Å². The fourth-order valence-electron chi connectivity index (χ4n) is 2.38. The summed E-state index contributed by atoms with van der Waals surface area (Å²) in [5.41, 5.74) is 0. The molecule has 0 unspecified atom stereocenters. The highest BCUT2D eigenvalue weighted by atomic mass is 35.5. The lowest BCUT2D eigenvalue weighted by Gasteiger charge is -2.31. The third-order valence-corrected chi connectivity index (χ3v) is 4.89. The molecule has 0 saturated carbocycles. The first kappa shape index (κ1) is 13.1. The highest BCUT2D eigenvalue weighted by molar-refractivity contribution is 7.16. The van der Waals surface area contributed by atoms with Crippen LogP contribution in [0, 0.1) is 5.92 Å². The molecule has 5 heteroatoms. The molecule has 0 atom stereocenters. The lowest BCUT2D eigenvalue weighted by atomic mass is 9.93. The van der Waals surface area contributed by atoms with E-state index in [9.17, 15) is 0 Å². The average molecular weight is 275 g/mol. The van der Waals surface area contributed by atoms with Crippen molar-refractivity contribution >= 4 is 28.1 Å². The van der Waals surface area contributed by atoms with Crippen molar-refractivity contribution in [1.29, 1.82) is 0 Å². The topological polar surface area (TPSA) is 36.4 Å². The fourth-order valence-corrected chi connectivity index (χ4v) is 3.54. The smallest absolute Gasteiger partial charge is 0.187 e. The second-order valence-corrected chi connectivity index (χ2v) is 6.01. The minimum atomic E-state index is -0.0111. The second kappa shape index (κ2) is 6.03. The molecule has 3 nitrogen and oxygen atoms in total. The molecule has 0 amide bonds. The fraction of sp³-hybridized carbons (Fsp3) is 0.750. The molecule has 1 fully saturated rings. The number of thiazole rings is 1. The molecule has 0 aromatic carbocycles. The zero-order chi connectivity index (χ0) is 12.3. The van der Waals surface area contributed by atoms with Gasteiger partial charge in [-0.05, 0) is 18.8 Å². The minimum absolute atomic E-state index is 0.0111. The summed E-state index contributed by atoms with van der Waals surface area (Å²) in [7, 11) is 0. The van der Waals surface area contributed by atoms with Gasteiger partial charge in [0.2, 0.25) is 0 Å². The van der Waals surface area contributed by atoms with Crippen LogP contribution >= 0.6 is 22.9 Å². The van der Waals surface area contributed by atoms with Gasteiger partial charge in [-0.1, -0.05) is 42.7 Å². The Labute approximate surface area is 111 Å². The molecule has 17 heavy (non-hydrogen) atoms. The molecule has 96 valence electrons. The summed E-state index contributed by atoms with van der Waals surface area (Å²) < 4.78 is 0. The van der Waals surface area contributed by atoms with Crippen molar-refractivity contribution in [2.75, 3.05) is 18.0 Å². The maximum absolute atomic E-state index is 9.11.